The van der Waals surface area contributed by atoms with Crippen molar-refractivity contribution in [3.8, 4) is 11.5 Å². The molecule has 0 saturated carbocycles. The van der Waals surface area contributed by atoms with Gasteiger partial charge in [0.1, 0.15) is 23.1 Å². The third-order valence-corrected chi connectivity index (χ3v) is 2.96. The molecule has 0 spiro atoms. The van der Waals surface area contributed by atoms with E-state index in [2.05, 4.69) is 15.9 Å². The van der Waals surface area contributed by atoms with Gasteiger partial charge in [0, 0.05) is 10.5 Å². The normalized spacial score (nSPS) is 10.5. The van der Waals surface area contributed by atoms with Crippen molar-refractivity contribution < 1.29 is 13.5 Å². The van der Waals surface area contributed by atoms with Crippen LogP contribution in [0.2, 0.25) is 0 Å². The second-order valence-electron chi connectivity index (χ2n) is 4.00. The fourth-order valence-electron chi connectivity index (χ4n) is 1.71. The lowest BCUT2D eigenvalue weighted by atomic mass is 10.1. The standard InChI is InChI=1S/C14H12BrF2NO/c15-10-6-12(17)8-13(7-10)19-14-2-1-11(16)5-9(14)3-4-18/h1-2,5-8H,3-4,18H2. The molecular formula is C14H12BrF2NO. The van der Waals surface area contributed by atoms with Crippen molar-refractivity contribution in [2.45, 2.75) is 6.42 Å². The summed E-state index contributed by atoms with van der Waals surface area (Å²) in [6, 6.07) is 8.41. The summed E-state index contributed by atoms with van der Waals surface area (Å²) in [6.45, 7) is 0.382. The molecule has 19 heavy (non-hydrogen) atoms. The Bertz CT molecular complexity index is 569. The van der Waals surface area contributed by atoms with E-state index in [1.54, 1.807) is 6.07 Å². The van der Waals surface area contributed by atoms with E-state index in [-0.39, 0.29) is 5.82 Å². The molecule has 0 fully saturated rings. The Balaban J connectivity index is 2.31. The predicted molar refractivity (Wildman–Crippen MR) is 73.3 cm³/mol. The highest BCUT2D eigenvalue weighted by molar-refractivity contribution is 9.10. The third-order valence-electron chi connectivity index (χ3n) is 2.50. The summed E-state index contributed by atoms with van der Waals surface area (Å²) < 4.78 is 32.6. The highest BCUT2D eigenvalue weighted by Gasteiger charge is 2.08. The Labute approximate surface area is 118 Å². The molecule has 2 rings (SSSR count). The second kappa shape index (κ2) is 6.12. The van der Waals surface area contributed by atoms with Crippen LogP contribution in [0, 0.1) is 11.6 Å². The van der Waals surface area contributed by atoms with E-state index in [0.29, 0.717) is 34.5 Å². The monoisotopic (exact) mass is 327 g/mol. The van der Waals surface area contributed by atoms with Gasteiger partial charge >= 0.3 is 0 Å². The predicted octanol–water partition coefficient (Wildman–Crippen LogP) is 4.02. The quantitative estimate of drug-likeness (QED) is 0.920. The SMILES string of the molecule is NCCc1cc(F)ccc1Oc1cc(F)cc(Br)c1. The molecule has 0 aliphatic rings. The number of nitrogens with two attached hydrogens (primary N) is 1. The maximum atomic E-state index is 13.3. The Morgan fingerprint density at radius 2 is 1.84 bits per heavy atom. The number of rotatable bonds is 4. The van der Waals surface area contributed by atoms with Crippen LogP contribution in [-0.2, 0) is 6.42 Å². The van der Waals surface area contributed by atoms with Crippen LogP contribution in [0.1, 0.15) is 5.56 Å². The maximum Gasteiger partial charge on any atom is 0.131 e. The summed E-state index contributed by atoms with van der Waals surface area (Å²) in [5.41, 5.74) is 6.13. The number of benzene rings is 2. The first-order valence-corrected chi connectivity index (χ1v) is 6.50. The summed E-state index contributed by atoms with van der Waals surface area (Å²) in [5.74, 6) is 0.0594. The fraction of sp³-hybridized carbons (Fsp3) is 0.143. The van der Waals surface area contributed by atoms with Gasteiger partial charge in [-0.25, -0.2) is 8.78 Å². The molecule has 0 heterocycles. The lowest BCUT2D eigenvalue weighted by Gasteiger charge is -2.11. The molecule has 0 atom stereocenters. The zero-order valence-electron chi connectivity index (χ0n) is 10.00. The van der Waals surface area contributed by atoms with Crippen LogP contribution in [0.3, 0.4) is 0 Å². The molecule has 0 radical (unpaired) electrons. The smallest absolute Gasteiger partial charge is 0.131 e. The van der Waals surface area contributed by atoms with Gasteiger partial charge in [-0.2, -0.15) is 0 Å². The Morgan fingerprint density at radius 3 is 2.53 bits per heavy atom. The Kier molecular flexibility index (Phi) is 4.50. The van der Waals surface area contributed by atoms with Crippen molar-refractivity contribution >= 4 is 15.9 Å². The zero-order chi connectivity index (χ0) is 13.8. The molecule has 100 valence electrons. The van der Waals surface area contributed by atoms with Gasteiger partial charge in [0.15, 0.2) is 0 Å². The number of hydrogen-bond donors (Lipinski definition) is 1. The van der Waals surface area contributed by atoms with Gasteiger partial charge in [-0.15, -0.1) is 0 Å². The first-order chi connectivity index (χ1) is 9.08. The van der Waals surface area contributed by atoms with E-state index >= 15 is 0 Å². The molecule has 0 unspecified atom stereocenters. The minimum absolute atomic E-state index is 0.344. The molecule has 0 aliphatic heterocycles. The van der Waals surface area contributed by atoms with Crippen LogP contribution >= 0.6 is 15.9 Å². The van der Waals surface area contributed by atoms with Crippen molar-refractivity contribution in [1.82, 2.24) is 0 Å². The van der Waals surface area contributed by atoms with E-state index in [0.717, 1.165) is 0 Å². The van der Waals surface area contributed by atoms with Gasteiger partial charge in [0.25, 0.3) is 0 Å². The third kappa shape index (κ3) is 3.75. The topological polar surface area (TPSA) is 35.2 Å². The van der Waals surface area contributed by atoms with Crippen molar-refractivity contribution in [1.29, 1.82) is 0 Å². The molecule has 0 saturated heterocycles. The van der Waals surface area contributed by atoms with Crippen LogP contribution in [-0.4, -0.2) is 6.54 Å². The molecular weight excluding hydrogens is 316 g/mol. The van der Waals surface area contributed by atoms with Crippen molar-refractivity contribution in [3.05, 3.63) is 58.1 Å². The number of halogens is 3. The summed E-state index contributed by atoms with van der Waals surface area (Å²) in [5, 5.41) is 0. The molecule has 0 aromatic heterocycles. The molecule has 0 amide bonds. The molecule has 2 aromatic carbocycles. The van der Waals surface area contributed by atoms with E-state index in [4.69, 9.17) is 10.5 Å². The van der Waals surface area contributed by atoms with E-state index in [9.17, 15) is 8.78 Å². The van der Waals surface area contributed by atoms with E-state index in [1.807, 2.05) is 0 Å². The Hall–Kier alpha value is -1.46. The Morgan fingerprint density at radius 1 is 1.05 bits per heavy atom. The number of hydrogen-bond acceptors (Lipinski definition) is 2. The van der Waals surface area contributed by atoms with Gasteiger partial charge in [-0.3, -0.25) is 0 Å². The summed E-state index contributed by atoms with van der Waals surface area (Å²) in [7, 11) is 0. The zero-order valence-corrected chi connectivity index (χ0v) is 11.6. The average Bonchev–Trinajstić information content (AvgIpc) is 2.32. The molecule has 2 aromatic rings. The average molecular weight is 328 g/mol. The highest BCUT2D eigenvalue weighted by atomic mass is 79.9. The van der Waals surface area contributed by atoms with Crippen LogP contribution in [0.5, 0.6) is 11.5 Å². The fourth-order valence-corrected chi connectivity index (χ4v) is 2.16. The lowest BCUT2D eigenvalue weighted by Crippen LogP contribution is -2.04. The van der Waals surface area contributed by atoms with Crippen molar-refractivity contribution in [3.63, 3.8) is 0 Å². The maximum absolute atomic E-state index is 13.3. The molecule has 2 nitrogen and oxygen atoms in total. The molecule has 0 aliphatic carbocycles. The van der Waals surface area contributed by atoms with Gasteiger partial charge in [0.2, 0.25) is 0 Å². The first kappa shape index (κ1) is 14.0. The van der Waals surface area contributed by atoms with E-state index in [1.165, 1.54) is 30.3 Å². The van der Waals surface area contributed by atoms with Gasteiger partial charge in [0.05, 0.1) is 0 Å². The molecule has 2 N–H and O–H groups in total. The van der Waals surface area contributed by atoms with Crippen molar-refractivity contribution in [2.75, 3.05) is 6.54 Å². The van der Waals surface area contributed by atoms with Crippen LogP contribution in [0.15, 0.2) is 40.9 Å². The number of ether oxygens (including phenoxy) is 1. The van der Waals surface area contributed by atoms with Crippen LogP contribution < -0.4 is 10.5 Å². The minimum atomic E-state index is -0.410. The largest absolute Gasteiger partial charge is 0.457 e. The summed E-state index contributed by atoms with van der Waals surface area (Å²) in [6.07, 6.45) is 0.490. The lowest BCUT2D eigenvalue weighted by molar-refractivity contribution is 0.468. The first-order valence-electron chi connectivity index (χ1n) is 5.71. The summed E-state index contributed by atoms with van der Waals surface area (Å²) in [4.78, 5) is 0. The molecule has 0 bridgehead atoms. The van der Waals surface area contributed by atoms with Crippen molar-refractivity contribution in [2.24, 2.45) is 5.73 Å². The second-order valence-corrected chi connectivity index (χ2v) is 4.91. The minimum Gasteiger partial charge on any atom is -0.457 e. The van der Waals surface area contributed by atoms with Gasteiger partial charge in [-0.1, -0.05) is 15.9 Å². The van der Waals surface area contributed by atoms with Gasteiger partial charge < -0.3 is 10.5 Å². The highest BCUT2D eigenvalue weighted by Crippen LogP contribution is 2.29. The summed E-state index contributed by atoms with van der Waals surface area (Å²) >= 11 is 3.19. The van der Waals surface area contributed by atoms with Gasteiger partial charge in [-0.05, 0) is 48.9 Å². The van der Waals surface area contributed by atoms with E-state index < -0.39 is 5.82 Å². The van der Waals surface area contributed by atoms with Crippen LogP contribution in [0.25, 0.3) is 0 Å². The van der Waals surface area contributed by atoms with Crippen LogP contribution in [0.4, 0.5) is 8.78 Å². The molecule has 5 heteroatoms.